The van der Waals surface area contributed by atoms with Gasteiger partial charge in [0.25, 0.3) is 0 Å². The van der Waals surface area contributed by atoms with Crippen LogP contribution in [-0.4, -0.2) is 0 Å². The van der Waals surface area contributed by atoms with Crippen molar-refractivity contribution in [3.8, 4) is 0 Å². The monoisotopic (exact) mass is 253 g/mol. The zero-order valence-electron chi connectivity index (χ0n) is 9.30. The van der Waals surface area contributed by atoms with Crippen LogP contribution < -0.4 is 0 Å². The van der Waals surface area contributed by atoms with Crippen molar-refractivity contribution in [2.24, 2.45) is 0 Å². The summed E-state index contributed by atoms with van der Waals surface area (Å²) in [6, 6.07) is 11.1. The van der Waals surface area contributed by atoms with Crippen molar-refractivity contribution in [3.63, 3.8) is 0 Å². The molecular formula is C12H20Y-2. The van der Waals surface area contributed by atoms with Gasteiger partial charge in [0.05, 0.1) is 0 Å². The Balaban J connectivity index is -0.000000180. The Morgan fingerprint density at radius 2 is 1.77 bits per heavy atom. The first kappa shape index (κ1) is 19.0. The van der Waals surface area contributed by atoms with E-state index in [9.17, 15) is 0 Å². The fourth-order valence-electron chi connectivity index (χ4n) is 0.650. The quantitative estimate of drug-likeness (QED) is 0.665. The molecule has 0 bridgehead atoms. The molecule has 0 atom stereocenters. The summed E-state index contributed by atoms with van der Waals surface area (Å²) < 4.78 is 0. The van der Waals surface area contributed by atoms with Gasteiger partial charge >= 0.3 is 0 Å². The molecule has 0 amide bonds. The summed E-state index contributed by atoms with van der Waals surface area (Å²) in [5.74, 6) is 0. The van der Waals surface area contributed by atoms with E-state index in [1.807, 2.05) is 18.2 Å². The Bertz CT molecular complexity index is 158. The molecule has 0 unspecified atom stereocenters. The van der Waals surface area contributed by atoms with Gasteiger partial charge in [0, 0.05) is 32.7 Å². The molecule has 0 N–H and O–H groups in total. The van der Waals surface area contributed by atoms with Gasteiger partial charge in [0.15, 0.2) is 0 Å². The molecule has 13 heavy (non-hydrogen) atoms. The van der Waals surface area contributed by atoms with Crippen LogP contribution in [0.5, 0.6) is 0 Å². The topological polar surface area (TPSA) is 0 Å². The first-order valence-corrected chi connectivity index (χ1v) is 4.30. The van der Waals surface area contributed by atoms with Gasteiger partial charge in [-0.3, -0.25) is 0 Å². The summed E-state index contributed by atoms with van der Waals surface area (Å²) >= 11 is 0. The third-order valence-corrected chi connectivity index (χ3v) is 1.18. The van der Waals surface area contributed by atoms with Crippen LogP contribution in [-0.2, 0) is 39.1 Å². The predicted molar refractivity (Wildman–Crippen MR) is 57.0 cm³/mol. The number of hydrogen-bond donors (Lipinski definition) is 0. The Hall–Kier alpha value is 0.324. The summed E-state index contributed by atoms with van der Waals surface area (Å²) in [4.78, 5) is 0. The smallest absolute Gasteiger partial charge is 0 e. The summed E-state index contributed by atoms with van der Waals surface area (Å²) in [5, 5.41) is 0. The van der Waals surface area contributed by atoms with Crippen molar-refractivity contribution in [2.45, 2.75) is 33.6 Å². The normalized spacial score (nSPS) is 7.00. The molecule has 0 spiro atoms. The largest absolute Gasteiger partial charge is 0.358 e. The number of hydrogen-bond acceptors (Lipinski definition) is 0. The van der Waals surface area contributed by atoms with Crippen molar-refractivity contribution in [1.29, 1.82) is 0 Å². The fraction of sp³-hybridized carbons (Fsp3) is 0.417. The van der Waals surface area contributed by atoms with Gasteiger partial charge in [-0.05, 0) is 0 Å². The first-order chi connectivity index (χ1) is 5.35. The molecule has 0 aliphatic rings. The van der Waals surface area contributed by atoms with E-state index in [-0.39, 0.29) is 40.1 Å². The zero-order valence-corrected chi connectivity index (χ0v) is 12.1. The van der Waals surface area contributed by atoms with Gasteiger partial charge in [-0.2, -0.15) is 35.9 Å². The molecule has 0 aliphatic carbocycles. The molecule has 0 aliphatic heterocycles. The maximum Gasteiger partial charge on any atom is 0 e. The first-order valence-electron chi connectivity index (χ1n) is 4.30. The maximum absolute atomic E-state index is 3.01. The van der Waals surface area contributed by atoms with Crippen molar-refractivity contribution in [3.05, 3.63) is 43.3 Å². The second-order valence-corrected chi connectivity index (χ2v) is 2.47. The molecule has 0 fully saturated rings. The van der Waals surface area contributed by atoms with Gasteiger partial charge in [-0.1, -0.05) is 33.6 Å². The summed E-state index contributed by atoms with van der Waals surface area (Å²) in [7, 11) is 0. The standard InChI is InChI=1S/C8H9.C3H8.CH3.Y/c1-2-8-6-4-3-5-7-8;1-3-2;;/h3-4,6-7H,2H2,1H3;3H2,1-2H3;1H3;/q-1;;-1;. The van der Waals surface area contributed by atoms with Crippen LogP contribution in [0.25, 0.3) is 0 Å². The number of aryl methyl sites for hydroxylation is 1. The average molecular weight is 253 g/mol. The maximum atomic E-state index is 3.01. The van der Waals surface area contributed by atoms with Crippen LogP contribution in [0.4, 0.5) is 0 Å². The van der Waals surface area contributed by atoms with E-state index in [2.05, 4.69) is 32.9 Å². The molecule has 0 heterocycles. The van der Waals surface area contributed by atoms with Crippen molar-refractivity contribution >= 4 is 0 Å². The van der Waals surface area contributed by atoms with Gasteiger partial charge in [0.2, 0.25) is 0 Å². The minimum absolute atomic E-state index is 0. The second-order valence-electron chi connectivity index (χ2n) is 2.47. The van der Waals surface area contributed by atoms with Crippen LogP contribution in [0.3, 0.4) is 0 Å². The molecule has 0 aromatic heterocycles. The summed E-state index contributed by atoms with van der Waals surface area (Å²) in [6.45, 7) is 6.39. The Labute approximate surface area is 109 Å². The minimum Gasteiger partial charge on any atom is -0.358 e. The Morgan fingerprint density at radius 1 is 1.23 bits per heavy atom. The average Bonchev–Trinajstić information content (AvgIpc) is 2.08. The van der Waals surface area contributed by atoms with E-state index in [4.69, 9.17) is 0 Å². The summed E-state index contributed by atoms with van der Waals surface area (Å²) in [5.41, 5.74) is 1.35. The fourth-order valence-corrected chi connectivity index (χ4v) is 0.650. The van der Waals surface area contributed by atoms with Gasteiger partial charge in [-0.15, -0.1) is 0 Å². The van der Waals surface area contributed by atoms with Gasteiger partial charge < -0.3 is 7.43 Å². The Morgan fingerprint density at radius 3 is 2.00 bits per heavy atom. The van der Waals surface area contributed by atoms with E-state index >= 15 is 0 Å². The third kappa shape index (κ3) is 12.3. The molecule has 1 radical (unpaired) electrons. The van der Waals surface area contributed by atoms with Crippen molar-refractivity contribution in [2.75, 3.05) is 0 Å². The van der Waals surface area contributed by atoms with Gasteiger partial charge in [0.1, 0.15) is 0 Å². The van der Waals surface area contributed by atoms with E-state index in [1.165, 1.54) is 12.0 Å². The van der Waals surface area contributed by atoms with Crippen LogP contribution in [0.2, 0.25) is 0 Å². The Kier molecular flexibility index (Phi) is 21.7. The zero-order chi connectivity index (χ0) is 8.53. The van der Waals surface area contributed by atoms with E-state index in [0.29, 0.717) is 0 Å². The minimum atomic E-state index is 0. The molecule has 1 rings (SSSR count). The van der Waals surface area contributed by atoms with Crippen LogP contribution in [0.1, 0.15) is 32.8 Å². The van der Waals surface area contributed by atoms with Crippen LogP contribution in [0.15, 0.2) is 24.3 Å². The third-order valence-electron chi connectivity index (χ3n) is 1.18. The van der Waals surface area contributed by atoms with E-state index < -0.39 is 0 Å². The van der Waals surface area contributed by atoms with E-state index in [1.54, 1.807) is 0 Å². The van der Waals surface area contributed by atoms with Crippen LogP contribution in [0, 0.1) is 13.5 Å². The van der Waals surface area contributed by atoms with Crippen LogP contribution >= 0.6 is 0 Å². The van der Waals surface area contributed by atoms with E-state index in [0.717, 1.165) is 6.42 Å². The molecule has 73 valence electrons. The SMILES string of the molecule is CCC.CCc1c[c-]ccc1.[CH3-].[Y]. The molecule has 0 nitrogen and oxygen atoms in total. The molecule has 1 aromatic rings. The van der Waals surface area contributed by atoms with Crippen molar-refractivity contribution < 1.29 is 32.7 Å². The number of benzene rings is 1. The summed E-state index contributed by atoms with van der Waals surface area (Å²) in [6.07, 6.45) is 2.36. The molecule has 1 aromatic carbocycles. The number of rotatable bonds is 1. The van der Waals surface area contributed by atoms with Crippen molar-refractivity contribution in [1.82, 2.24) is 0 Å². The van der Waals surface area contributed by atoms with Gasteiger partial charge in [-0.25, -0.2) is 0 Å². The molecular weight excluding hydrogens is 233 g/mol. The predicted octanol–water partition coefficient (Wildman–Crippen LogP) is 3.91. The molecule has 0 saturated carbocycles. The molecule has 0 saturated heterocycles. The molecule has 1 heteroatoms. The second kappa shape index (κ2) is 14.8.